The van der Waals surface area contributed by atoms with E-state index >= 15 is 0 Å². The molecule has 106 valence electrons. The normalized spacial score (nSPS) is 22.6. The highest BCUT2D eigenvalue weighted by atomic mass is 32.1. The number of carbonyl (C=O) groups excluding carboxylic acids is 1. The molecule has 1 aromatic rings. The number of carbonyl (C=O) groups is 1. The summed E-state index contributed by atoms with van der Waals surface area (Å²) in [5.74, 6) is 0.174. The summed E-state index contributed by atoms with van der Waals surface area (Å²) in [6, 6.07) is 2.22. The van der Waals surface area contributed by atoms with Gasteiger partial charge in [-0.15, -0.1) is 11.3 Å². The fraction of sp³-hybridized carbons (Fsp3) is 0.667. The Hall–Kier alpha value is -0.870. The summed E-state index contributed by atoms with van der Waals surface area (Å²) < 4.78 is 0. The van der Waals surface area contributed by atoms with Crippen LogP contribution in [0.4, 0.5) is 0 Å². The first kappa shape index (κ1) is 14.5. The van der Waals surface area contributed by atoms with Crippen molar-refractivity contribution in [2.45, 2.75) is 46.6 Å². The molecule has 2 N–H and O–H groups in total. The number of piperidine rings is 1. The van der Waals surface area contributed by atoms with Crippen LogP contribution in [-0.4, -0.2) is 29.9 Å². The Balaban J connectivity index is 2.15. The lowest BCUT2D eigenvalue weighted by atomic mass is 9.79. The van der Waals surface area contributed by atoms with E-state index in [1.165, 1.54) is 10.4 Å². The third-order valence-corrected chi connectivity index (χ3v) is 5.52. The molecule has 0 radical (unpaired) electrons. The third-order valence-electron chi connectivity index (χ3n) is 4.15. The minimum Gasteiger partial charge on any atom is -0.337 e. The Morgan fingerprint density at radius 2 is 2.26 bits per heavy atom. The van der Waals surface area contributed by atoms with Crippen LogP contribution in [0, 0.1) is 12.3 Å². The van der Waals surface area contributed by atoms with E-state index in [0.717, 1.165) is 30.8 Å². The standard InChI is InChI=1S/C15H24N2OS/c1-5-11-10(2)8-12(19-11)14(18)17-7-6-13(16)15(3,4)9-17/h8,13H,5-7,9,16H2,1-4H3. The molecule has 0 aliphatic carbocycles. The molecule has 2 rings (SSSR count). The molecule has 0 bridgehead atoms. The summed E-state index contributed by atoms with van der Waals surface area (Å²) in [5, 5.41) is 0. The molecule has 0 spiro atoms. The molecule has 1 amide bonds. The van der Waals surface area contributed by atoms with E-state index in [-0.39, 0.29) is 17.4 Å². The average Bonchev–Trinajstić information content (AvgIpc) is 2.73. The molecule has 0 aromatic carbocycles. The smallest absolute Gasteiger partial charge is 0.263 e. The van der Waals surface area contributed by atoms with Crippen molar-refractivity contribution in [3.63, 3.8) is 0 Å². The summed E-state index contributed by atoms with van der Waals surface area (Å²) in [6.45, 7) is 10.0. The Morgan fingerprint density at radius 1 is 1.58 bits per heavy atom. The highest BCUT2D eigenvalue weighted by molar-refractivity contribution is 7.14. The lowest BCUT2D eigenvalue weighted by molar-refractivity contribution is 0.0537. The zero-order valence-electron chi connectivity index (χ0n) is 12.3. The average molecular weight is 280 g/mol. The van der Waals surface area contributed by atoms with Crippen LogP contribution in [0.5, 0.6) is 0 Å². The summed E-state index contributed by atoms with van der Waals surface area (Å²) in [5.41, 5.74) is 7.38. The Bertz CT molecular complexity index is 478. The molecule has 19 heavy (non-hydrogen) atoms. The maximum absolute atomic E-state index is 12.6. The van der Waals surface area contributed by atoms with Crippen LogP contribution in [0.25, 0.3) is 0 Å². The Labute approximate surface area is 119 Å². The zero-order valence-corrected chi connectivity index (χ0v) is 13.1. The minimum atomic E-state index is 0.00774. The third kappa shape index (κ3) is 2.84. The SMILES string of the molecule is CCc1sc(C(=O)N2CCC(N)C(C)(C)C2)cc1C. The van der Waals surface area contributed by atoms with E-state index in [1.807, 2.05) is 11.0 Å². The van der Waals surface area contributed by atoms with Crippen molar-refractivity contribution < 1.29 is 4.79 Å². The number of aryl methyl sites for hydroxylation is 2. The van der Waals surface area contributed by atoms with Gasteiger partial charge in [-0.2, -0.15) is 0 Å². The molecule has 2 heterocycles. The van der Waals surface area contributed by atoms with Gasteiger partial charge in [0.25, 0.3) is 5.91 Å². The molecule has 3 nitrogen and oxygen atoms in total. The molecular weight excluding hydrogens is 256 g/mol. The fourth-order valence-electron chi connectivity index (χ4n) is 2.68. The highest BCUT2D eigenvalue weighted by Crippen LogP contribution is 2.30. The van der Waals surface area contributed by atoms with Gasteiger partial charge in [-0.25, -0.2) is 0 Å². The Kier molecular flexibility index (Phi) is 4.02. The number of hydrogen-bond donors (Lipinski definition) is 1. The first-order valence-electron chi connectivity index (χ1n) is 6.99. The molecule has 1 aliphatic heterocycles. The quantitative estimate of drug-likeness (QED) is 0.905. The second-order valence-corrected chi connectivity index (χ2v) is 7.32. The maximum atomic E-state index is 12.6. The highest BCUT2D eigenvalue weighted by Gasteiger charge is 2.35. The van der Waals surface area contributed by atoms with Gasteiger partial charge in [0.2, 0.25) is 0 Å². The molecule has 4 heteroatoms. The predicted octanol–water partition coefficient (Wildman–Crippen LogP) is 2.82. The van der Waals surface area contributed by atoms with E-state index in [9.17, 15) is 4.79 Å². The monoisotopic (exact) mass is 280 g/mol. The van der Waals surface area contributed by atoms with Crippen molar-refractivity contribution in [3.8, 4) is 0 Å². The lowest BCUT2D eigenvalue weighted by Gasteiger charge is -2.42. The van der Waals surface area contributed by atoms with E-state index < -0.39 is 0 Å². The largest absolute Gasteiger partial charge is 0.337 e. The number of nitrogens with two attached hydrogens (primary N) is 1. The number of amides is 1. The fourth-order valence-corrected chi connectivity index (χ4v) is 3.76. The second-order valence-electron chi connectivity index (χ2n) is 6.18. The van der Waals surface area contributed by atoms with Crippen molar-refractivity contribution in [2.75, 3.05) is 13.1 Å². The van der Waals surface area contributed by atoms with Crippen LogP contribution in [0.3, 0.4) is 0 Å². The van der Waals surface area contributed by atoms with E-state index in [1.54, 1.807) is 11.3 Å². The minimum absolute atomic E-state index is 0.00774. The van der Waals surface area contributed by atoms with Crippen LogP contribution in [-0.2, 0) is 6.42 Å². The van der Waals surface area contributed by atoms with Gasteiger partial charge in [-0.3, -0.25) is 4.79 Å². The molecule has 1 saturated heterocycles. The van der Waals surface area contributed by atoms with Gasteiger partial charge in [-0.05, 0) is 36.8 Å². The molecule has 1 fully saturated rings. The van der Waals surface area contributed by atoms with Gasteiger partial charge in [0.05, 0.1) is 4.88 Å². The topological polar surface area (TPSA) is 46.3 Å². The van der Waals surface area contributed by atoms with Gasteiger partial charge in [0.15, 0.2) is 0 Å². The molecule has 1 unspecified atom stereocenters. The zero-order chi connectivity index (χ0) is 14.2. The number of likely N-dealkylation sites (tertiary alicyclic amines) is 1. The van der Waals surface area contributed by atoms with Crippen LogP contribution in [0.1, 0.15) is 47.3 Å². The van der Waals surface area contributed by atoms with E-state index in [0.29, 0.717) is 0 Å². The van der Waals surface area contributed by atoms with Crippen molar-refractivity contribution in [3.05, 3.63) is 21.4 Å². The molecule has 1 aliphatic rings. The Morgan fingerprint density at radius 3 is 2.79 bits per heavy atom. The summed E-state index contributed by atoms with van der Waals surface area (Å²) in [7, 11) is 0. The molecule has 0 saturated carbocycles. The van der Waals surface area contributed by atoms with E-state index in [4.69, 9.17) is 5.73 Å². The van der Waals surface area contributed by atoms with E-state index in [2.05, 4.69) is 27.7 Å². The molecule has 1 atom stereocenters. The van der Waals surface area contributed by atoms with Crippen molar-refractivity contribution >= 4 is 17.2 Å². The van der Waals surface area contributed by atoms with Crippen molar-refractivity contribution in [1.82, 2.24) is 4.90 Å². The maximum Gasteiger partial charge on any atom is 0.263 e. The number of nitrogens with zero attached hydrogens (tertiary/aromatic N) is 1. The van der Waals surface area contributed by atoms with Gasteiger partial charge in [-0.1, -0.05) is 20.8 Å². The number of thiophene rings is 1. The summed E-state index contributed by atoms with van der Waals surface area (Å²) in [4.78, 5) is 16.7. The summed E-state index contributed by atoms with van der Waals surface area (Å²) >= 11 is 1.64. The van der Waals surface area contributed by atoms with Crippen LogP contribution < -0.4 is 5.73 Å². The van der Waals surface area contributed by atoms with Crippen molar-refractivity contribution in [2.24, 2.45) is 11.1 Å². The molecular formula is C15H24N2OS. The van der Waals surface area contributed by atoms with Gasteiger partial charge in [0, 0.05) is 24.0 Å². The molecule has 1 aromatic heterocycles. The summed E-state index contributed by atoms with van der Waals surface area (Å²) in [6.07, 6.45) is 1.89. The first-order chi connectivity index (χ1) is 8.85. The predicted molar refractivity (Wildman–Crippen MR) is 80.7 cm³/mol. The van der Waals surface area contributed by atoms with Crippen LogP contribution >= 0.6 is 11.3 Å². The van der Waals surface area contributed by atoms with Gasteiger partial charge in [0.1, 0.15) is 0 Å². The lowest BCUT2D eigenvalue weighted by Crippen LogP contribution is -2.53. The first-order valence-corrected chi connectivity index (χ1v) is 7.81. The number of hydrogen-bond acceptors (Lipinski definition) is 3. The van der Waals surface area contributed by atoms with Crippen LogP contribution in [0.2, 0.25) is 0 Å². The second kappa shape index (κ2) is 5.25. The van der Waals surface area contributed by atoms with Crippen LogP contribution in [0.15, 0.2) is 6.07 Å². The van der Waals surface area contributed by atoms with Gasteiger partial charge >= 0.3 is 0 Å². The van der Waals surface area contributed by atoms with Gasteiger partial charge < -0.3 is 10.6 Å². The number of rotatable bonds is 2. The van der Waals surface area contributed by atoms with Crippen molar-refractivity contribution in [1.29, 1.82) is 0 Å².